The van der Waals surface area contributed by atoms with Crippen LogP contribution in [0.3, 0.4) is 0 Å². The van der Waals surface area contributed by atoms with Gasteiger partial charge in [-0.3, -0.25) is 4.79 Å². The lowest BCUT2D eigenvalue weighted by atomic mass is 9.95. The van der Waals surface area contributed by atoms with Gasteiger partial charge in [-0.15, -0.1) is 11.5 Å². The highest BCUT2D eigenvalue weighted by Crippen LogP contribution is 2.41. The fraction of sp³-hybridized carbons (Fsp3) is 0.591. The molecule has 0 saturated heterocycles. The lowest BCUT2D eigenvalue weighted by Crippen LogP contribution is -2.43. The Balaban J connectivity index is 3.41. The molecule has 0 spiro atoms. The highest BCUT2D eigenvalue weighted by molar-refractivity contribution is 6.90. The van der Waals surface area contributed by atoms with Crippen molar-refractivity contribution >= 4 is 14.0 Å². The first kappa shape index (κ1) is 24.3. The van der Waals surface area contributed by atoms with Crippen molar-refractivity contribution in [2.75, 3.05) is 7.11 Å². The number of rotatable bonds is 6. The molecule has 0 fully saturated rings. The van der Waals surface area contributed by atoms with Gasteiger partial charge < -0.3 is 4.74 Å². The largest absolute Gasteiger partial charge is 0.469 e. The van der Waals surface area contributed by atoms with Crippen molar-refractivity contribution in [1.82, 2.24) is 0 Å². The number of alkyl halides is 3. The summed E-state index contributed by atoms with van der Waals surface area (Å²) in [6.07, 6.45) is -4.37. The summed E-state index contributed by atoms with van der Waals surface area (Å²) in [7, 11) is -0.718. The number of hydrogen-bond acceptors (Lipinski definition) is 2. The van der Waals surface area contributed by atoms with Crippen LogP contribution in [-0.2, 0) is 15.7 Å². The predicted octanol–water partition coefficient (Wildman–Crippen LogP) is 6.57. The summed E-state index contributed by atoms with van der Waals surface area (Å²) >= 11 is 0. The minimum absolute atomic E-state index is 0.0215. The smallest absolute Gasteiger partial charge is 0.416 e. The van der Waals surface area contributed by atoms with Crippen molar-refractivity contribution < 1.29 is 22.7 Å². The van der Waals surface area contributed by atoms with Crippen LogP contribution in [0.2, 0.25) is 16.6 Å². The molecule has 1 aromatic carbocycles. The Bertz CT molecular complexity index is 688. The van der Waals surface area contributed by atoms with E-state index in [1.165, 1.54) is 19.2 Å². The lowest BCUT2D eigenvalue weighted by Gasteiger charge is -2.38. The molecule has 0 aromatic heterocycles. The minimum atomic E-state index is -4.39. The van der Waals surface area contributed by atoms with Gasteiger partial charge in [-0.05, 0) is 34.3 Å². The number of halogens is 3. The van der Waals surface area contributed by atoms with Crippen LogP contribution in [0.15, 0.2) is 24.3 Å². The quantitative estimate of drug-likeness (QED) is 0.300. The van der Waals surface area contributed by atoms with Gasteiger partial charge in [0.25, 0.3) is 0 Å². The van der Waals surface area contributed by atoms with Crippen molar-refractivity contribution in [2.45, 2.75) is 76.7 Å². The molecule has 1 rings (SSSR count). The standard InChI is InChI=1S/C22H31F3O2Si/c1-15(2)28(16(3)4,17(5)6)13-12-19(14-21(26)27-7)18-8-10-20(11-9-18)22(23,24)25/h8-11,15-17,19H,14H2,1-7H3/t19-/m1/s1. The van der Waals surface area contributed by atoms with Gasteiger partial charge in [0.05, 0.1) is 25.0 Å². The molecule has 0 bridgehead atoms. The number of benzene rings is 1. The molecule has 0 radical (unpaired) electrons. The van der Waals surface area contributed by atoms with Crippen LogP contribution in [0.4, 0.5) is 13.2 Å². The van der Waals surface area contributed by atoms with Gasteiger partial charge in [0.15, 0.2) is 0 Å². The van der Waals surface area contributed by atoms with Crippen LogP contribution >= 0.6 is 0 Å². The molecule has 0 saturated carbocycles. The van der Waals surface area contributed by atoms with Gasteiger partial charge >= 0.3 is 12.1 Å². The second-order valence-electron chi connectivity index (χ2n) is 8.12. The molecule has 0 aliphatic rings. The van der Waals surface area contributed by atoms with Gasteiger partial charge in [0.2, 0.25) is 0 Å². The van der Waals surface area contributed by atoms with Crippen LogP contribution in [-0.4, -0.2) is 21.2 Å². The minimum Gasteiger partial charge on any atom is -0.469 e. The molecule has 1 aromatic rings. The van der Waals surface area contributed by atoms with E-state index in [2.05, 4.69) is 53.0 Å². The third kappa shape index (κ3) is 5.63. The van der Waals surface area contributed by atoms with Gasteiger partial charge in [0, 0.05) is 0 Å². The highest BCUT2D eigenvalue weighted by Gasteiger charge is 2.41. The maximum absolute atomic E-state index is 12.9. The maximum atomic E-state index is 12.9. The first-order valence-electron chi connectivity index (χ1n) is 9.62. The summed E-state index contributed by atoms with van der Waals surface area (Å²) in [5, 5.41) is 0. The Labute approximate surface area is 167 Å². The highest BCUT2D eigenvalue weighted by atomic mass is 28.3. The van der Waals surface area contributed by atoms with Crippen LogP contribution in [0, 0.1) is 11.5 Å². The molecule has 156 valence electrons. The molecule has 0 unspecified atom stereocenters. The SMILES string of the molecule is COC(=O)C[C@@H](C#C[Si](C(C)C)(C(C)C)C(C)C)c1ccc(C(F)(F)F)cc1. The molecule has 28 heavy (non-hydrogen) atoms. The van der Waals surface area contributed by atoms with Crippen molar-refractivity contribution in [1.29, 1.82) is 0 Å². The lowest BCUT2D eigenvalue weighted by molar-refractivity contribution is -0.141. The van der Waals surface area contributed by atoms with Gasteiger partial charge in [-0.1, -0.05) is 53.7 Å². The van der Waals surface area contributed by atoms with Crippen molar-refractivity contribution in [3.8, 4) is 11.5 Å². The molecule has 0 amide bonds. The Hall–Kier alpha value is -1.74. The Morgan fingerprint density at radius 3 is 1.82 bits per heavy atom. The normalized spacial score (nSPS) is 13.5. The summed E-state index contributed by atoms with van der Waals surface area (Å²) in [4.78, 5) is 11.9. The third-order valence-corrected chi connectivity index (χ3v) is 11.9. The molecule has 0 N–H and O–H groups in total. The van der Waals surface area contributed by atoms with E-state index in [0.29, 0.717) is 22.2 Å². The van der Waals surface area contributed by atoms with E-state index in [4.69, 9.17) is 4.74 Å². The van der Waals surface area contributed by atoms with Gasteiger partial charge in [0.1, 0.15) is 8.07 Å². The van der Waals surface area contributed by atoms with E-state index in [1.54, 1.807) is 0 Å². The van der Waals surface area contributed by atoms with E-state index in [1.807, 2.05) is 0 Å². The number of methoxy groups -OCH3 is 1. The zero-order chi connectivity index (χ0) is 21.7. The number of hydrogen-bond donors (Lipinski definition) is 0. The van der Waals surface area contributed by atoms with Crippen molar-refractivity contribution in [2.24, 2.45) is 0 Å². The van der Waals surface area contributed by atoms with Crippen LogP contribution in [0.5, 0.6) is 0 Å². The van der Waals surface area contributed by atoms with E-state index in [-0.39, 0.29) is 6.42 Å². The number of carbonyl (C=O) groups is 1. The van der Waals surface area contributed by atoms with Crippen LogP contribution in [0.1, 0.15) is 65.0 Å². The molecule has 0 aliphatic carbocycles. The fourth-order valence-corrected chi connectivity index (χ4v) is 9.34. The molecular weight excluding hydrogens is 381 g/mol. The third-order valence-electron chi connectivity index (χ3n) is 5.57. The second kappa shape index (κ2) is 9.64. The molecule has 1 atom stereocenters. The van der Waals surface area contributed by atoms with E-state index in [9.17, 15) is 18.0 Å². The summed E-state index contributed by atoms with van der Waals surface area (Å²) in [6.45, 7) is 13.1. The van der Waals surface area contributed by atoms with E-state index < -0.39 is 31.7 Å². The van der Waals surface area contributed by atoms with Crippen LogP contribution in [0.25, 0.3) is 0 Å². The monoisotopic (exact) mass is 412 g/mol. The Morgan fingerprint density at radius 1 is 1.00 bits per heavy atom. The molecule has 0 heterocycles. The van der Waals surface area contributed by atoms with Crippen molar-refractivity contribution in [3.05, 3.63) is 35.4 Å². The molecule has 2 nitrogen and oxygen atoms in total. The topological polar surface area (TPSA) is 26.3 Å². The Kier molecular flexibility index (Phi) is 8.37. The predicted molar refractivity (Wildman–Crippen MR) is 110 cm³/mol. The maximum Gasteiger partial charge on any atom is 0.416 e. The second-order valence-corrected chi connectivity index (χ2v) is 13.7. The summed E-state index contributed by atoms with van der Waals surface area (Å²) in [6, 6.07) is 4.90. The molecule has 0 aliphatic heterocycles. The summed E-state index contributed by atoms with van der Waals surface area (Å²) < 4.78 is 43.4. The fourth-order valence-electron chi connectivity index (χ4n) is 4.05. The summed E-state index contributed by atoms with van der Waals surface area (Å²) in [5.41, 5.74) is 4.72. The first-order chi connectivity index (χ1) is 12.9. The number of carbonyl (C=O) groups excluding carboxylic acids is 1. The zero-order valence-corrected chi connectivity index (χ0v) is 18.8. The van der Waals surface area contributed by atoms with E-state index in [0.717, 1.165) is 12.1 Å². The zero-order valence-electron chi connectivity index (χ0n) is 17.8. The van der Waals surface area contributed by atoms with Gasteiger partial charge in [-0.25, -0.2) is 0 Å². The van der Waals surface area contributed by atoms with Gasteiger partial charge in [-0.2, -0.15) is 13.2 Å². The molecular formula is C22H31F3O2Si. The van der Waals surface area contributed by atoms with E-state index >= 15 is 0 Å². The Morgan fingerprint density at radius 2 is 1.46 bits per heavy atom. The summed E-state index contributed by atoms with van der Waals surface area (Å²) in [5.74, 6) is 2.36. The number of esters is 1. The van der Waals surface area contributed by atoms with Crippen LogP contribution < -0.4 is 0 Å². The first-order valence-corrected chi connectivity index (χ1v) is 11.9. The average Bonchev–Trinajstić information content (AvgIpc) is 2.59. The number of ether oxygens (including phenoxy) is 1. The molecule has 6 heteroatoms. The van der Waals surface area contributed by atoms with Crippen molar-refractivity contribution in [3.63, 3.8) is 0 Å². The average molecular weight is 413 g/mol.